The van der Waals surface area contributed by atoms with E-state index in [0.29, 0.717) is 12.5 Å². The predicted molar refractivity (Wildman–Crippen MR) is 93.6 cm³/mol. The second kappa shape index (κ2) is 10.1. The van der Waals surface area contributed by atoms with Gasteiger partial charge in [0.25, 0.3) is 0 Å². The summed E-state index contributed by atoms with van der Waals surface area (Å²) in [6.45, 7) is 8.19. The van der Waals surface area contributed by atoms with Crippen LogP contribution in [0.2, 0.25) is 0 Å². The van der Waals surface area contributed by atoms with Gasteiger partial charge in [-0.25, -0.2) is 0 Å². The summed E-state index contributed by atoms with van der Waals surface area (Å²) >= 11 is 0. The van der Waals surface area contributed by atoms with Crippen LogP contribution in [0, 0.1) is 11.8 Å². The Morgan fingerprint density at radius 2 is 1.75 bits per heavy atom. The maximum atomic E-state index is 12.2. The molecule has 1 aromatic rings. The molecule has 3 atom stereocenters. The number of carbonyl (C=O) groups excluding carboxylic acids is 1. The number of hydrogen-bond donors (Lipinski definition) is 2. The second-order valence-corrected chi connectivity index (χ2v) is 6.64. The molecular weight excluding hydrogens is 306 g/mol. The second-order valence-electron chi connectivity index (χ2n) is 6.64. The summed E-state index contributed by atoms with van der Waals surface area (Å²) in [6, 6.07) is 8.62. The Morgan fingerprint density at radius 3 is 2.29 bits per heavy atom. The number of ether oxygens (including phenoxy) is 1. The van der Waals surface area contributed by atoms with Gasteiger partial charge >= 0.3 is 5.97 Å². The number of benzene rings is 1. The monoisotopic (exact) mass is 335 g/mol. The van der Waals surface area contributed by atoms with Crippen LogP contribution in [-0.2, 0) is 14.3 Å². The van der Waals surface area contributed by atoms with Crippen LogP contribution in [0.1, 0.15) is 52.1 Å². The molecular formula is C19H29NO4. The first-order valence-electron chi connectivity index (χ1n) is 8.50. The largest absolute Gasteiger partial charge is 0.481 e. The Hall–Kier alpha value is -1.88. The summed E-state index contributed by atoms with van der Waals surface area (Å²) in [4.78, 5) is 23.5. The van der Waals surface area contributed by atoms with E-state index < -0.39 is 17.9 Å². The normalized spacial score (nSPS) is 14.9. The van der Waals surface area contributed by atoms with E-state index in [1.165, 1.54) is 0 Å². The van der Waals surface area contributed by atoms with Gasteiger partial charge < -0.3 is 15.2 Å². The molecule has 0 aliphatic heterocycles. The van der Waals surface area contributed by atoms with Crippen LogP contribution in [-0.4, -0.2) is 29.7 Å². The fraction of sp³-hybridized carbons (Fsp3) is 0.579. The standard InChI is InChI=1S/C19H29NO4/c1-13(2)12-14(3)24-11-10-17(21)20-18(15(4)19(22)23)16-8-6-5-7-9-16/h5-9,13-15,18H,10-12H2,1-4H3,(H,20,21)(H,22,23). The number of hydrogen-bond acceptors (Lipinski definition) is 3. The summed E-state index contributed by atoms with van der Waals surface area (Å²) < 4.78 is 5.64. The molecule has 0 saturated carbocycles. The van der Waals surface area contributed by atoms with Crippen LogP contribution in [0.25, 0.3) is 0 Å². The molecule has 0 aliphatic carbocycles. The average molecular weight is 335 g/mol. The number of aliphatic carboxylic acids is 1. The summed E-state index contributed by atoms with van der Waals surface area (Å²) in [5.41, 5.74) is 0.787. The number of nitrogens with one attached hydrogen (secondary N) is 1. The fourth-order valence-corrected chi connectivity index (χ4v) is 2.63. The van der Waals surface area contributed by atoms with Gasteiger partial charge in [0.1, 0.15) is 0 Å². The van der Waals surface area contributed by atoms with Gasteiger partial charge in [-0.1, -0.05) is 44.2 Å². The first-order chi connectivity index (χ1) is 11.3. The van der Waals surface area contributed by atoms with E-state index in [0.717, 1.165) is 12.0 Å². The molecule has 3 unspecified atom stereocenters. The Balaban J connectivity index is 2.57. The number of carbonyl (C=O) groups is 2. The van der Waals surface area contributed by atoms with Crippen molar-refractivity contribution in [2.45, 2.75) is 52.7 Å². The van der Waals surface area contributed by atoms with E-state index in [-0.39, 0.29) is 18.4 Å². The van der Waals surface area contributed by atoms with Gasteiger partial charge in [-0.05, 0) is 31.7 Å². The van der Waals surface area contributed by atoms with Gasteiger partial charge in [0.2, 0.25) is 5.91 Å². The van der Waals surface area contributed by atoms with Gasteiger partial charge in [0.05, 0.1) is 24.7 Å². The molecule has 1 rings (SSSR count). The number of carboxylic acids is 1. The van der Waals surface area contributed by atoms with Crippen molar-refractivity contribution in [1.29, 1.82) is 0 Å². The Kier molecular flexibility index (Phi) is 8.47. The van der Waals surface area contributed by atoms with E-state index in [4.69, 9.17) is 4.74 Å². The fourth-order valence-electron chi connectivity index (χ4n) is 2.63. The van der Waals surface area contributed by atoms with Gasteiger partial charge in [-0.3, -0.25) is 9.59 Å². The molecule has 0 spiro atoms. The highest BCUT2D eigenvalue weighted by molar-refractivity contribution is 5.78. The third-order valence-corrected chi connectivity index (χ3v) is 3.90. The zero-order chi connectivity index (χ0) is 18.1. The molecule has 0 bridgehead atoms. The predicted octanol–water partition coefficient (Wildman–Crippen LogP) is 3.41. The van der Waals surface area contributed by atoms with Gasteiger partial charge in [0.15, 0.2) is 0 Å². The van der Waals surface area contributed by atoms with Crippen LogP contribution in [0.3, 0.4) is 0 Å². The summed E-state index contributed by atoms with van der Waals surface area (Å²) in [5, 5.41) is 12.1. The molecule has 0 aromatic heterocycles. The molecule has 0 aliphatic rings. The van der Waals surface area contributed by atoms with Crippen LogP contribution in [0.5, 0.6) is 0 Å². The Bertz CT molecular complexity index is 515. The van der Waals surface area contributed by atoms with E-state index in [2.05, 4.69) is 19.2 Å². The molecule has 5 nitrogen and oxygen atoms in total. The van der Waals surface area contributed by atoms with E-state index in [1.807, 2.05) is 37.3 Å². The summed E-state index contributed by atoms with van der Waals surface area (Å²) in [5.74, 6) is -1.30. The summed E-state index contributed by atoms with van der Waals surface area (Å²) in [6.07, 6.45) is 1.28. The molecule has 0 radical (unpaired) electrons. The van der Waals surface area contributed by atoms with Crippen molar-refractivity contribution in [3.8, 4) is 0 Å². The van der Waals surface area contributed by atoms with E-state index in [9.17, 15) is 14.7 Å². The molecule has 1 aromatic carbocycles. The molecule has 24 heavy (non-hydrogen) atoms. The van der Waals surface area contributed by atoms with Crippen molar-refractivity contribution in [1.82, 2.24) is 5.32 Å². The number of carboxylic acid groups (broad SMARTS) is 1. The number of rotatable bonds is 10. The lowest BCUT2D eigenvalue weighted by molar-refractivity contribution is -0.142. The molecule has 2 N–H and O–H groups in total. The molecule has 1 amide bonds. The van der Waals surface area contributed by atoms with Crippen molar-refractivity contribution in [2.75, 3.05) is 6.61 Å². The van der Waals surface area contributed by atoms with Crippen molar-refractivity contribution in [3.63, 3.8) is 0 Å². The van der Waals surface area contributed by atoms with Gasteiger partial charge in [-0.2, -0.15) is 0 Å². The first kappa shape index (κ1) is 20.2. The zero-order valence-electron chi connectivity index (χ0n) is 15.0. The van der Waals surface area contributed by atoms with E-state index >= 15 is 0 Å². The third kappa shape index (κ3) is 7.13. The lowest BCUT2D eigenvalue weighted by Gasteiger charge is -2.23. The van der Waals surface area contributed by atoms with Crippen LogP contribution >= 0.6 is 0 Å². The highest BCUT2D eigenvalue weighted by Crippen LogP contribution is 2.22. The minimum absolute atomic E-state index is 0.112. The Morgan fingerprint density at radius 1 is 1.12 bits per heavy atom. The first-order valence-corrected chi connectivity index (χ1v) is 8.50. The van der Waals surface area contributed by atoms with Gasteiger partial charge in [0, 0.05) is 6.42 Å². The average Bonchev–Trinajstić information content (AvgIpc) is 2.52. The Labute approximate surface area is 144 Å². The SMILES string of the molecule is CC(C)CC(C)OCCC(=O)NC(c1ccccc1)C(C)C(=O)O. The quantitative estimate of drug-likeness (QED) is 0.687. The van der Waals surface area contributed by atoms with Crippen molar-refractivity contribution in [2.24, 2.45) is 11.8 Å². The zero-order valence-corrected chi connectivity index (χ0v) is 15.0. The van der Waals surface area contributed by atoms with Gasteiger partial charge in [-0.15, -0.1) is 0 Å². The maximum Gasteiger partial charge on any atom is 0.308 e. The smallest absolute Gasteiger partial charge is 0.308 e. The van der Waals surface area contributed by atoms with E-state index in [1.54, 1.807) is 6.92 Å². The molecule has 5 heteroatoms. The minimum Gasteiger partial charge on any atom is -0.481 e. The molecule has 0 fully saturated rings. The number of amides is 1. The lowest BCUT2D eigenvalue weighted by Crippen LogP contribution is -2.36. The topological polar surface area (TPSA) is 75.6 Å². The van der Waals surface area contributed by atoms with Crippen molar-refractivity contribution < 1.29 is 19.4 Å². The molecule has 0 heterocycles. The molecule has 134 valence electrons. The maximum absolute atomic E-state index is 12.2. The van der Waals surface area contributed by atoms with Crippen LogP contribution < -0.4 is 5.32 Å². The highest BCUT2D eigenvalue weighted by Gasteiger charge is 2.26. The third-order valence-electron chi connectivity index (χ3n) is 3.90. The van der Waals surface area contributed by atoms with Crippen molar-refractivity contribution in [3.05, 3.63) is 35.9 Å². The van der Waals surface area contributed by atoms with Crippen molar-refractivity contribution >= 4 is 11.9 Å². The lowest BCUT2D eigenvalue weighted by atomic mass is 9.94. The molecule has 0 saturated heterocycles. The van der Waals surface area contributed by atoms with Crippen LogP contribution in [0.15, 0.2) is 30.3 Å². The highest BCUT2D eigenvalue weighted by atomic mass is 16.5. The van der Waals surface area contributed by atoms with Crippen LogP contribution in [0.4, 0.5) is 0 Å². The summed E-state index contributed by atoms with van der Waals surface area (Å²) in [7, 11) is 0. The minimum atomic E-state index is -0.939.